The molecular weight excluding hydrogens is 901 g/mol. The number of rotatable bonds is 53. The van der Waals surface area contributed by atoms with Crippen molar-refractivity contribution in [1.29, 1.82) is 0 Å². The van der Waals surface area contributed by atoms with Crippen molar-refractivity contribution in [3.8, 4) is 0 Å². The van der Waals surface area contributed by atoms with Crippen molar-refractivity contribution < 1.29 is 28.6 Å². The van der Waals surface area contributed by atoms with Gasteiger partial charge >= 0.3 is 17.9 Å². The minimum Gasteiger partial charge on any atom is -0.462 e. The Bertz CT molecular complexity index is 1180. The molecule has 0 amide bonds. The quantitative estimate of drug-likeness (QED) is 0.0343. The predicted molar refractivity (Wildman–Crippen MR) is 316 cm³/mol. The molecule has 0 rings (SSSR count). The van der Waals surface area contributed by atoms with Crippen LogP contribution in [0.2, 0.25) is 0 Å². The maximum Gasteiger partial charge on any atom is 0.306 e. The summed E-state index contributed by atoms with van der Waals surface area (Å²) in [6, 6.07) is 0. The van der Waals surface area contributed by atoms with Crippen LogP contribution in [0.3, 0.4) is 0 Å². The van der Waals surface area contributed by atoms with Gasteiger partial charge in [-0.05, 0) is 91.3 Å². The fourth-order valence-electron chi connectivity index (χ4n) is 11.2. The zero-order valence-electron chi connectivity index (χ0n) is 51.6. The average Bonchev–Trinajstić information content (AvgIpc) is 3.36. The zero-order chi connectivity index (χ0) is 54.5. The lowest BCUT2D eigenvalue weighted by atomic mass is 9.79. The Hall–Kier alpha value is -1.59. The van der Waals surface area contributed by atoms with E-state index in [4.69, 9.17) is 14.2 Å². The number of ether oxygens (including phenoxy) is 3. The van der Waals surface area contributed by atoms with E-state index in [1.165, 1.54) is 167 Å². The molecule has 0 aliphatic rings. The third-order valence-corrected chi connectivity index (χ3v) is 18.2. The van der Waals surface area contributed by atoms with Crippen LogP contribution in [0.4, 0.5) is 0 Å². The van der Waals surface area contributed by atoms with E-state index in [1.807, 2.05) is 0 Å². The first-order valence-electron chi connectivity index (χ1n) is 32.6. The van der Waals surface area contributed by atoms with Crippen LogP contribution in [0.1, 0.15) is 334 Å². The molecule has 0 fully saturated rings. The summed E-state index contributed by atoms with van der Waals surface area (Å²) in [6.07, 6.45) is 43.2. The highest BCUT2D eigenvalue weighted by Crippen LogP contribution is 2.32. The molecule has 0 N–H and O–H groups in total. The molecule has 0 radical (unpaired) electrons. The number of carbonyl (C=O) groups excluding carboxylic acids is 3. The first-order valence-corrected chi connectivity index (χ1v) is 32.6. The molecule has 0 saturated heterocycles. The van der Waals surface area contributed by atoms with E-state index in [0.29, 0.717) is 19.3 Å². The van der Waals surface area contributed by atoms with Crippen molar-refractivity contribution in [2.75, 3.05) is 13.2 Å². The number of hydrogen-bond donors (Lipinski definition) is 0. The van der Waals surface area contributed by atoms with Gasteiger partial charge in [0.05, 0.1) is 0 Å². The van der Waals surface area contributed by atoms with Gasteiger partial charge in [0.2, 0.25) is 0 Å². The predicted octanol–water partition coefficient (Wildman–Crippen LogP) is 21.2. The Balaban J connectivity index is 4.76. The molecule has 10 unspecified atom stereocenters. The van der Waals surface area contributed by atoms with Crippen molar-refractivity contribution in [1.82, 2.24) is 0 Å². The number of esters is 3. The van der Waals surface area contributed by atoms with Gasteiger partial charge in [-0.2, -0.15) is 0 Å². The summed E-state index contributed by atoms with van der Waals surface area (Å²) < 4.78 is 17.1. The molecule has 10 atom stereocenters. The van der Waals surface area contributed by atoms with Gasteiger partial charge in [0.15, 0.2) is 6.10 Å². The van der Waals surface area contributed by atoms with Gasteiger partial charge in [-0.3, -0.25) is 14.4 Å². The van der Waals surface area contributed by atoms with Crippen LogP contribution < -0.4 is 0 Å². The molecule has 434 valence electrons. The molecule has 73 heavy (non-hydrogen) atoms. The van der Waals surface area contributed by atoms with E-state index in [9.17, 15) is 14.4 Å². The van der Waals surface area contributed by atoms with Crippen molar-refractivity contribution >= 4 is 17.9 Å². The Labute approximate surface area is 457 Å². The van der Waals surface area contributed by atoms with Crippen LogP contribution in [0.5, 0.6) is 0 Å². The third kappa shape index (κ3) is 42.2. The highest BCUT2D eigenvalue weighted by atomic mass is 16.6. The SMILES string of the molecule is CCCCCCCCC(C)C(C)CCCCCCCC(=O)OC(COC(=O)CCCCCCCC(C)C(C)CC(C)C(C)CCCCC)COC(=O)CCCCCCCC(C)C(C)CC(C)C(C)CCCCC. The second kappa shape index (κ2) is 48.8. The summed E-state index contributed by atoms with van der Waals surface area (Å²) in [4.78, 5) is 38.8. The van der Waals surface area contributed by atoms with Crippen LogP contribution in [-0.4, -0.2) is 37.2 Å². The average molecular weight is 1030 g/mol. The van der Waals surface area contributed by atoms with Gasteiger partial charge in [0.25, 0.3) is 0 Å². The van der Waals surface area contributed by atoms with Crippen LogP contribution >= 0.6 is 0 Å². The maximum atomic E-state index is 13.0. The molecule has 0 heterocycles. The molecular formula is C67H130O6. The molecule has 6 nitrogen and oxygen atoms in total. The monoisotopic (exact) mass is 1030 g/mol. The van der Waals surface area contributed by atoms with Gasteiger partial charge in [-0.25, -0.2) is 0 Å². The van der Waals surface area contributed by atoms with E-state index >= 15 is 0 Å². The molecule has 0 bridgehead atoms. The third-order valence-electron chi connectivity index (χ3n) is 18.2. The van der Waals surface area contributed by atoms with Crippen molar-refractivity contribution in [2.45, 2.75) is 340 Å². The van der Waals surface area contributed by atoms with Crippen molar-refractivity contribution in [3.05, 3.63) is 0 Å². The van der Waals surface area contributed by atoms with Crippen molar-refractivity contribution in [2.24, 2.45) is 59.2 Å². The first-order chi connectivity index (χ1) is 35.1. The topological polar surface area (TPSA) is 78.9 Å². The Morgan fingerprint density at radius 3 is 0.795 bits per heavy atom. The largest absolute Gasteiger partial charge is 0.462 e. The summed E-state index contributed by atoms with van der Waals surface area (Å²) in [5.41, 5.74) is 0. The lowest BCUT2D eigenvalue weighted by Crippen LogP contribution is -2.30. The van der Waals surface area contributed by atoms with E-state index in [1.54, 1.807) is 0 Å². The normalized spacial score (nSPS) is 16.4. The second-order valence-electron chi connectivity index (χ2n) is 25.2. The molecule has 6 heteroatoms. The smallest absolute Gasteiger partial charge is 0.306 e. The highest BCUT2D eigenvalue weighted by Gasteiger charge is 2.22. The standard InChI is InChI=1S/C67H130O6/c1-14-17-20-21-25-34-43-54(4)55(5)44-35-26-24-31-40-49-67(70)73-64(52-71-65(68)47-38-29-22-27-36-45-58(8)62(12)50-60(10)56(6)41-32-18-15-2)53-72-66(69)48-39-30-23-28-37-46-59(9)63(13)51-61(11)57(7)42-33-19-16-3/h54-64H,14-53H2,1-13H3. The second-order valence-corrected chi connectivity index (χ2v) is 25.2. The van der Waals surface area contributed by atoms with E-state index in [-0.39, 0.29) is 31.1 Å². The molecule has 0 aromatic carbocycles. The summed E-state index contributed by atoms with van der Waals surface area (Å²) >= 11 is 0. The molecule has 0 aliphatic heterocycles. The first kappa shape index (κ1) is 71.4. The van der Waals surface area contributed by atoms with E-state index < -0.39 is 6.10 Å². The van der Waals surface area contributed by atoms with Gasteiger partial charge in [-0.15, -0.1) is 0 Å². The summed E-state index contributed by atoms with van der Waals surface area (Å²) in [5, 5.41) is 0. The van der Waals surface area contributed by atoms with Crippen LogP contribution in [0.25, 0.3) is 0 Å². The van der Waals surface area contributed by atoms with Crippen LogP contribution in [-0.2, 0) is 28.6 Å². The lowest BCUT2D eigenvalue weighted by molar-refractivity contribution is -0.167. The molecule has 0 saturated carbocycles. The maximum absolute atomic E-state index is 13.0. The number of unbranched alkanes of at least 4 members (excludes halogenated alkanes) is 21. The minimum absolute atomic E-state index is 0.0759. The van der Waals surface area contributed by atoms with Crippen LogP contribution in [0.15, 0.2) is 0 Å². The van der Waals surface area contributed by atoms with Crippen molar-refractivity contribution in [3.63, 3.8) is 0 Å². The lowest BCUT2D eigenvalue weighted by Gasteiger charge is -2.27. The summed E-state index contributed by atoms with van der Waals surface area (Å²) in [5.74, 6) is 6.92. The molecule has 0 aliphatic carbocycles. The summed E-state index contributed by atoms with van der Waals surface area (Å²) in [6.45, 7) is 31.1. The van der Waals surface area contributed by atoms with Gasteiger partial charge in [0.1, 0.15) is 13.2 Å². The molecule has 0 spiro atoms. The Morgan fingerprint density at radius 2 is 0.493 bits per heavy atom. The van der Waals surface area contributed by atoms with Crippen LogP contribution in [0, 0.1) is 59.2 Å². The minimum atomic E-state index is -0.784. The number of carbonyl (C=O) groups is 3. The Kier molecular flexibility index (Phi) is 47.7. The zero-order valence-corrected chi connectivity index (χ0v) is 51.6. The fraction of sp³-hybridized carbons (Fsp3) is 0.955. The van der Waals surface area contributed by atoms with Gasteiger partial charge in [-0.1, -0.05) is 283 Å². The van der Waals surface area contributed by atoms with Gasteiger partial charge < -0.3 is 14.2 Å². The number of hydrogen-bond acceptors (Lipinski definition) is 6. The fourth-order valence-corrected chi connectivity index (χ4v) is 11.2. The highest BCUT2D eigenvalue weighted by molar-refractivity contribution is 5.71. The van der Waals surface area contributed by atoms with E-state index in [0.717, 1.165) is 117 Å². The van der Waals surface area contributed by atoms with E-state index in [2.05, 4.69) is 90.0 Å². The molecule has 0 aromatic rings. The molecule has 0 aromatic heterocycles. The van der Waals surface area contributed by atoms with Gasteiger partial charge in [0, 0.05) is 19.3 Å². The Morgan fingerprint density at radius 1 is 0.274 bits per heavy atom. The summed E-state index contributed by atoms with van der Waals surface area (Å²) in [7, 11) is 0.